The van der Waals surface area contributed by atoms with Gasteiger partial charge in [-0.25, -0.2) is 0 Å². The Balaban J connectivity index is 1.64. The van der Waals surface area contributed by atoms with Crippen LogP contribution < -0.4 is 5.32 Å². The average Bonchev–Trinajstić information content (AvgIpc) is 3.03. The van der Waals surface area contributed by atoms with Crippen LogP contribution in [0, 0.1) is 5.92 Å². The minimum atomic E-state index is -4.21. The van der Waals surface area contributed by atoms with E-state index in [0.29, 0.717) is 18.1 Å². The van der Waals surface area contributed by atoms with Gasteiger partial charge in [0.2, 0.25) is 5.91 Å². The lowest BCUT2D eigenvalue weighted by Gasteiger charge is -2.25. The van der Waals surface area contributed by atoms with Crippen LogP contribution in [0.15, 0.2) is 30.3 Å². The van der Waals surface area contributed by atoms with Crippen LogP contribution in [0.25, 0.3) is 0 Å². The van der Waals surface area contributed by atoms with Crippen molar-refractivity contribution in [3.63, 3.8) is 0 Å². The summed E-state index contributed by atoms with van der Waals surface area (Å²) in [5, 5.41) is 10.7. The van der Waals surface area contributed by atoms with Crippen LogP contribution in [0.2, 0.25) is 0 Å². The number of nitrogens with zero attached hydrogens (tertiary/aromatic N) is 3. The Hall–Kier alpha value is -2.38. The summed E-state index contributed by atoms with van der Waals surface area (Å²) in [4.78, 5) is 12.5. The van der Waals surface area contributed by atoms with Crippen LogP contribution in [0.5, 0.6) is 0 Å². The first-order valence-corrected chi connectivity index (χ1v) is 8.70. The van der Waals surface area contributed by atoms with Crippen LogP contribution in [0.3, 0.4) is 0 Å². The molecule has 140 valence electrons. The highest BCUT2D eigenvalue weighted by molar-refractivity contribution is 5.83. The number of halogens is 3. The molecule has 0 saturated carbocycles. The van der Waals surface area contributed by atoms with Crippen LogP contribution in [-0.4, -0.2) is 26.8 Å². The lowest BCUT2D eigenvalue weighted by molar-refractivity contribution is -0.179. The number of hydrogen-bond acceptors (Lipinski definition) is 3. The summed E-state index contributed by atoms with van der Waals surface area (Å²) < 4.78 is 40.3. The second-order valence-electron chi connectivity index (χ2n) is 6.50. The Morgan fingerprint density at radius 2 is 2.04 bits per heavy atom. The number of aromatic nitrogens is 3. The fourth-order valence-electron chi connectivity index (χ4n) is 3.35. The van der Waals surface area contributed by atoms with E-state index in [-0.39, 0.29) is 37.8 Å². The summed E-state index contributed by atoms with van der Waals surface area (Å²) in [6.07, 6.45) is -3.71. The largest absolute Gasteiger partial charge is 0.392 e. The Labute approximate surface area is 149 Å². The Morgan fingerprint density at radius 3 is 2.69 bits per heavy atom. The van der Waals surface area contributed by atoms with E-state index in [1.165, 1.54) is 0 Å². The molecule has 1 aromatic carbocycles. The van der Waals surface area contributed by atoms with E-state index in [0.717, 1.165) is 5.56 Å². The Morgan fingerprint density at radius 1 is 1.31 bits per heavy atom. The summed E-state index contributed by atoms with van der Waals surface area (Å²) in [6.45, 7) is 2.31. The maximum absolute atomic E-state index is 12.9. The first-order valence-electron chi connectivity index (χ1n) is 8.70. The molecule has 1 aliphatic heterocycles. The average molecular weight is 366 g/mol. The van der Waals surface area contributed by atoms with Gasteiger partial charge in [0.15, 0.2) is 5.82 Å². The Bertz CT molecular complexity index is 758. The minimum absolute atomic E-state index is 0.0110. The van der Waals surface area contributed by atoms with Gasteiger partial charge in [0, 0.05) is 13.0 Å². The fourth-order valence-corrected chi connectivity index (χ4v) is 3.35. The zero-order valence-electron chi connectivity index (χ0n) is 14.5. The molecule has 0 radical (unpaired) electrons. The maximum atomic E-state index is 12.9. The van der Waals surface area contributed by atoms with E-state index in [2.05, 4.69) is 15.5 Å². The van der Waals surface area contributed by atoms with Gasteiger partial charge in [-0.1, -0.05) is 37.3 Å². The highest BCUT2D eigenvalue weighted by Crippen LogP contribution is 2.34. The number of hydrogen-bond donors (Lipinski definition) is 1. The summed E-state index contributed by atoms with van der Waals surface area (Å²) in [5.41, 5.74) is 0.934. The minimum Gasteiger partial charge on any atom is -0.348 e. The molecule has 1 aliphatic rings. The lowest BCUT2D eigenvalue weighted by atomic mass is 9.95. The van der Waals surface area contributed by atoms with E-state index in [9.17, 15) is 18.0 Å². The number of fused-ring (bicyclic) bond motifs is 1. The molecule has 1 aromatic heterocycles. The number of rotatable bonds is 5. The quantitative estimate of drug-likeness (QED) is 0.884. The molecular weight excluding hydrogens is 345 g/mol. The van der Waals surface area contributed by atoms with Crippen molar-refractivity contribution in [2.24, 2.45) is 5.92 Å². The van der Waals surface area contributed by atoms with Gasteiger partial charge in [0.25, 0.3) is 0 Å². The van der Waals surface area contributed by atoms with Crippen LogP contribution >= 0.6 is 0 Å². The van der Waals surface area contributed by atoms with E-state index in [1.54, 1.807) is 4.57 Å². The second-order valence-corrected chi connectivity index (χ2v) is 6.50. The third-order valence-corrected chi connectivity index (χ3v) is 4.84. The molecule has 26 heavy (non-hydrogen) atoms. The van der Waals surface area contributed by atoms with Crippen molar-refractivity contribution in [2.75, 3.05) is 0 Å². The molecule has 5 nitrogen and oxygen atoms in total. The third kappa shape index (κ3) is 3.89. The summed E-state index contributed by atoms with van der Waals surface area (Å²) >= 11 is 0. The number of nitrogens with one attached hydrogen (secondary N) is 1. The Kier molecular flexibility index (Phi) is 5.29. The van der Waals surface area contributed by atoms with E-state index < -0.39 is 12.1 Å². The topological polar surface area (TPSA) is 59.8 Å². The van der Waals surface area contributed by atoms with Crippen molar-refractivity contribution in [3.05, 3.63) is 47.5 Å². The summed E-state index contributed by atoms with van der Waals surface area (Å²) in [7, 11) is 0. The normalized spacial score (nSPS) is 18.2. The van der Waals surface area contributed by atoms with Crippen LogP contribution in [0.4, 0.5) is 13.2 Å². The molecule has 0 fully saturated rings. The molecular formula is C18H21F3N4O. The van der Waals surface area contributed by atoms with E-state index >= 15 is 0 Å². The zero-order chi connectivity index (χ0) is 18.7. The molecule has 3 rings (SSSR count). The number of carbonyl (C=O) groups is 1. The molecule has 0 bridgehead atoms. The molecule has 1 N–H and O–H groups in total. The van der Waals surface area contributed by atoms with E-state index in [4.69, 9.17) is 0 Å². The SMILES string of the molecule is CC[C@H](C(=O)NCc1nnc2n1CC[C@H](C(F)(F)F)C2)c1ccccc1. The van der Waals surface area contributed by atoms with Crippen LogP contribution in [0.1, 0.15) is 42.9 Å². The molecule has 0 unspecified atom stereocenters. The molecule has 2 aromatic rings. The second kappa shape index (κ2) is 7.47. The summed E-state index contributed by atoms with van der Waals surface area (Å²) in [6, 6.07) is 9.48. The van der Waals surface area contributed by atoms with Gasteiger partial charge in [-0.15, -0.1) is 10.2 Å². The van der Waals surface area contributed by atoms with Crippen molar-refractivity contribution in [1.29, 1.82) is 0 Å². The predicted octanol–water partition coefficient (Wildman–Crippen LogP) is 3.21. The van der Waals surface area contributed by atoms with Gasteiger partial charge in [0.1, 0.15) is 5.82 Å². The summed E-state index contributed by atoms with van der Waals surface area (Å²) in [5.74, 6) is -0.936. The van der Waals surface area contributed by atoms with Crippen LogP contribution in [-0.2, 0) is 24.3 Å². The van der Waals surface area contributed by atoms with Crippen molar-refractivity contribution in [1.82, 2.24) is 20.1 Å². The first kappa shape index (κ1) is 18.4. The van der Waals surface area contributed by atoms with Gasteiger partial charge in [-0.3, -0.25) is 4.79 Å². The van der Waals surface area contributed by atoms with Gasteiger partial charge >= 0.3 is 6.18 Å². The highest BCUT2D eigenvalue weighted by Gasteiger charge is 2.42. The smallest absolute Gasteiger partial charge is 0.348 e. The molecule has 0 aliphatic carbocycles. The first-order chi connectivity index (χ1) is 12.4. The monoisotopic (exact) mass is 366 g/mol. The van der Waals surface area contributed by atoms with Gasteiger partial charge in [-0.2, -0.15) is 13.2 Å². The lowest BCUT2D eigenvalue weighted by Crippen LogP contribution is -2.33. The molecule has 0 spiro atoms. The highest BCUT2D eigenvalue weighted by atomic mass is 19.4. The number of amides is 1. The predicted molar refractivity (Wildman–Crippen MR) is 89.2 cm³/mol. The van der Waals surface area contributed by atoms with E-state index in [1.807, 2.05) is 37.3 Å². The number of alkyl halides is 3. The molecule has 2 atom stereocenters. The van der Waals surface area contributed by atoms with Crippen molar-refractivity contribution in [3.8, 4) is 0 Å². The van der Waals surface area contributed by atoms with Gasteiger partial charge in [-0.05, 0) is 18.4 Å². The zero-order valence-corrected chi connectivity index (χ0v) is 14.5. The van der Waals surface area contributed by atoms with Gasteiger partial charge in [0.05, 0.1) is 18.4 Å². The number of carbonyl (C=O) groups excluding carboxylic acids is 1. The number of benzene rings is 1. The van der Waals surface area contributed by atoms with Crippen molar-refractivity contribution in [2.45, 2.75) is 51.4 Å². The van der Waals surface area contributed by atoms with Crippen molar-refractivity contribution < 1.29 is 18.0 Å². The third-order valence-electron chi connectivity index (χ3n) is 4.84. The maximum Gasteiger partial charge on any atom is 0.392 e. The standard InChI is InChI=1S/C18H21F3N4O/c1-2-14(12-6-4-3-5-7-12)17(26)22-11-16-24-23-15-10-13(18(19,20)21)8-9-25(15)16/h3-7,13-14H,2,8-11H2,1H3,(H,22,26)/t13-,14-/m0/s1. The fraction of sp³-hybridized carbons (Fsp3) is 0.500. The molecule has 1 amide bonds. The molecule has 0 saturated heterocycles. The van der Waals surface area contributed by atoms with Crippen molar-refractivity contribution >= 4 is 5.91 Å². The van der Waals surface area contributed by atoms with Gasteiger partial charge < -0.3 is 9.88 Å². The molecule has 8 heteroatoms. The molecule has 2 heterocycles.